The van der Waals surface area contributed by atoms with Crippen molar-refractivity contribution in [2.24, 2.45) is 5.73 Å². The average Bonchev–Trinajstić information content (AvgIpc) is 3.22. The first-order valence-electron chi connectivity index (χ1n) is 10.3. The number of primary amides is 1. The van der Waals surface area contributed by atoms with Gasteiger partial charge in [0.2, 0.25) is 5.91 Å². The summed E-state index contributed by atoms with van der Waals surface area (Å²) in [6.45, 7) is -2.95. The molecule has 2 N–H and O–H groups in total. The maximum Gasteiger partial charge on any atom is 0.387 e. The summed E-state index contributed by atoms with van der Waals surface area (Å²) in [5.74, 6) is -0.951. The Balaban J connectivity index is 1.83. The first-order valence-corrected chi connectivity index (χ1v) is 10.3. The minimum Gasteiger partial charge on any atom is -0.435 e. The summed E-state index contributed by atoms with van der Waals surface area (Å²) in [5.41, 5.74) is 8.09. The van der Waals surface area contributed by atoms with Gasteiger partial charge in [-0.2, -0.15) is 8.78 Å². The molecule has 3 aromatic carbocycles. The zero-order chi connectivity index (χ0) is 22.7. The zero-order valence-corrected chi connectivity index (χ0v) is 17.2. The summed E-state index contributed by atoms with van der Waals surface area (Å²) >= 11 is 0. The Morgan fingerprint density at radius 1 is 0.938 bits per heavy atom. The number of amides is 2. The molecule has 2 amide bonds. The SMILES string of the molecule is NC(=O)C(c1ccccc1)N(C(=O)c1ccccc1)[C@@H]1CCc2c(OC(F)F)cccc21. The molecular formula is C25H22F2N2O3. The van der Waals surface area contributed by atoms with Crippen LogP contribution in [0.15, 0.2) is 78.9 Å². The lowest BCUT2D eigenvalue weighted by Gasteiger charge is -2.36. The van der Waals surface area contributed by atoms with Gasteiger partial charge >= 0.3 is 6.61 Å². The average molecular weight is 436 g/mol. The van der Waals surface area contributed by atoms with E-state index in [-0.39, 0.29) is 11.7 Å². The molecule has 1 aliphatic rings. The van der Waals surface area contributed by atoms with Gasteiger partial charge in [-0.1, -0.05) is 60.7 Å². The third-order valence-corrected chi connectivity index (χ3v) is 5.67. The van der Waals surface area contributed by atoms with Crippen molar-refractivity contribution in [2.75, 3.05) is 0 Å². The lowest BCUT2D eigenvalue weighted by atomic mass is 9.98. The van der Waals surface area contributed by atoms with Gasteiger partial charge in [-0.3, -0.25) is 9.59 Å². The summed E-state index contributed by atoms with van der Waals surface area (Å²) in [6.07, 6.45) is 0.885. The number of hydrogen-bond donors (Lipinski definition) is 1. The third kappa shape index (κ3) is 4.19. The molecule has 0 aliphatic heterocycles. The zero-order valence-electron chi connectivity index (χ0n) is 17.2. The van der Waals surface area contributed by atoms with E-state index < -0.39 is 24.6 Å². The van der Waals surface area contributed by atoms with Crippen LogP contribution in [0.3, 0.4) is 0 Å². The van der Waals surface area contributed by atoms with E-state index in [0.29, 0.717) is 35.1 Å². The van der Waals surface area contributed by atoms with Gasteiger partial charge < -0.3 is 15.4 Å². The Bertz CT molecular complexity index is 1110. The molecule has 0 bridgehead atoms. The van der Waals surface area contributed by atoms with E-state index >= 15 is 0 Å². The number of nitrogens with zero attached hydrogens (tertiary/aromatic N) is 1. The van der Waals surface area contributed by atoms with Crippen LogP contribution in [0.5, 0.6) is 5.75 Å². The van der Waals surface area contributed by atoms with Crippen LogP contribution in [0, 0.1) is 0 Å². The number of fused-ring (bicyclic) bond motifs is 1. The van der Waals surface area contributed by atoms with E-state index in [1.54, 1.807) is 66.7 Å². The second-order valence-electron chi connectivity index (χ2n) is 7.55. The molecule has 4 rings (SSSR count). The molecule has 0 radical (unpaired) electrons. The van der Waals surface area contributed by atoms with Crippen LogP contribution in [-0.4, -0.2) is 23.3 Å². The number of rotatable bonds is 7. The molecule has 7 heteroatoms. The molecule has 0 spiro atoms. The fourth-order valence-electron chi connectivity index (χ4n) is 4.36. The number of benzene rings is 3. The van der Waals surface area contributed by atoms with E-state index in [1.165, 1.54) is 11.0 Å². The van der Waals surface area contributed by atoms with Crippen molar-refractivity contribution < 1.29 is 23.1 Å². The van der Waals surface area contributed by atoms with Crippen molar-refractivity contribution in [3.8, 4) is 5.75 Å². The van der Waals surface area contributed by atoms with Gasteiger partial charge in [0, 0.05) is 5.56 Å². The van der Waals surface area contributed by atoms with Crippen molar-refractivity contribution >= 4 is 11.8 Å². The van der Waals surface area contributed by atoms with Gasteiger partial charge in [-0.25, -0.2) is 0 Å². The number of alkyl halides is 2. The fraction of sp³-hybridized carbons (Fsp3) is 0.200. The van der Waals surface area contributed by atoms with E-state index in [2.05, 4.69) is 0 Å². The van der Waals surface area contributed by atoms with Gasteiger partial charge in [0.1, 0.15) is 11.8 Å². The second kappa shape index (κ2) is 9.18. The third-order valence-electron chi connectivity index (χ3n) is 5.67. The van der Waals surface area contributed by atoms with Crippen molar-refractivity contribution in [1.29, 1.82) is 0 Å². The topological polar surface area (TPSA) is 72.6 Å². The van der Waals surface area contributed by atoms with Crippen LogP contribution >= 0.6 is 0 Å². The summed E-state index contributed by atoms with van der Waals surface area (Å²) in [5, 5.41) is 0. The quantitative estimate of drug-likeness (QED) is 0.586. The molecule has 164 valence electrons. The number of halogens is 2. The Labute approximate surface area is 184 Å². The van der Waals surface area contributed by atoms with Gasteiger partial charge in [0.25, 0.3) is 5.91 Å². The van der Waals surface area contributed by atoms with Crippen molar-refractivity contribution in [1.82, 2.24) is 4.90 Å². The van der Waals surface area contributed by atoms with Crippen molar-refractivity contribution in [2.45, 2.75) is 31.5 Å². The number of carbonyl (C=O) groups excluding carboxylic acids is 2. The molecule has 1 unspecified atom stereocenters. The molecule has 5 nitrogen and oxygen atoms in total. The Morgan fingerprint density at radius 3 is 2.22 bits per heavy atom. The summed E-state index contributed by atoms with van der Waals surface area (Å²) in [6, 6.07) is 20.8. The lowest BCUT2D eigenvalue weighted by Crippen LogP contribution is -2.43. The second-order valence-corrected chi connectivity index (χ2v) is 7.55. The number of ether oxygens (including phenoxy) is 1. The van der Waals surface area contributed by atoms with Gasteiger partial charge in [0.15, 0.2) is 0 Å². The van der Waals surface area contributed by atoms with Gasteiger partial charge in [0.05, 0.1) is 6.04 Å². The van der Waals surface area contributed by atoms with Crippen LogP contribution in [0.1, 0.15) is 45.6 Å². The van der Waals surface area contributed by atoms with Crippen molar-refractivity contribution in [3.63, 3.8) is 0 Å². The Hall–Kier alpha value is -3.74. The molecular weight excluding hydrogens is 414 g/mol. The summed E-state index contributed by atoms with van der Waals surface area (Å²) < 4.78 is 30.5. The lowest BCUT2D eigenvalue weighted by molar-refractivity contribution is -0.123. The van der Waals surface area contributed by atoms with Crippen LogP contribution in [0.25, 0.3) is 0 Å². The first kappa shape index (κ1) is 21.5. The largest absolute Gasteiger partial charge is 0.435 e. The molecule has 0 aromatic heterocycles. The predicted octanol–water partition coefficient (Wildman–Crippen LogP) is 4.64. The smallest absolute Gasteiger partial charge is 0.387 e. The van der Waals surface area contributed by atoms with Crippen LogP contribution in [0.2, 0.25) is 0 Å². The fourth-order valence-corrected chi connectivity index (χ4v) is 4.36. The maximum absolute atomic E-state index is 13.7. The summed E-state index contributed by atoms with van der Waals surface area (Å²) in [7, 11) is 0. The highest BCUT2D eigenvalue weighted by molar-refractivity contribution is 5.98. The molecule has 0 heterocycles. The van der Waals surface area contributed by atoms with Crippen LogP contribution in [0.4, 0.5) is 8.78 Å². The molecule has 0 fully saturated rings. The molecule has 0 saturated heterocycles. The standard InChI is InChI=1S/C25H22F2N2O3/c26-25(27)32-21-13-7-12-18-19(21)14-15-20(18)29(24(31)17-10-5-2-6-11-17)22(23(28)30)16-8-3-1-4-9-16/h1-13,20,22,25H,14-15H2,(H2,28,30)/t20-,22?/m1/s1. The van der Waals surface area contributed by atoms with Crippen LogP contribution < -0.4 is 10.5 Å². The van der Waals surface area contributed by atoms with E-state index in [4.69, 9.17) is 10.5 Å². The Morgan fingerprint density at radius 2 is 1.59 bits per heavy atom. The first-order chi connectivity index (χ1) is 15.5. The molecule has 32 heavy (non-hydrogen) atoms. The molecule has 2 atom stereocenters. The minimum atomic E-state index is -2.95. The van der Waals surface area contributed by atoms with Gasteiger partial charge in [-0.05, 0) is 47.7 Å². The highest BCUT2D eigenvalue weighted by Gasteiger charge is 2.40. The normalized spacial score (nSPS) is 15.8. The maximum atomic E-state index is 13.7. The highest BCUT2D eigenvalue weighted by atomic mass is 19.3. The predicted molar refractivity (Wildman–Crippen MR) is 115 cm³/mol. The van der Waals surface area contributed by atoms with Crippen molar-refractivity contribution in [3.05, 3.63) is 101 Å². The molecule has 0 saturated carbocycles. The van der Waals surface area contributed by atoms with Gasteiger partial charge in [-0.15, -0.1) is 0 Å². The number of carbonyl (C=O) groups is 2. The molecule has 1 aliphatic carbocycles. The van der Waals surface area contributed by atoms with E-state index in [1.807, 2.05) is 6.07 Å². The monoisotopic (exact) mass is 436 g/mol. The number of nitrogens with two attached hydrogens (primary N) is 1. The van der Waals surface area contributed by atoms with E-state index in [9.17, 15) is 18.4 Å². The van der Waals surface area contributed by atoms with E-state index in [0.717, 1.165) is 0 Å². The summed E-state index contributed by atoms with van der Waals surface area (Å²) in [4.78, 5) is 27.8. The Kier molecular flexibility index (Phi) is 6.16. The highest BCUT2D eigenvalue weighted by Crippen LogP contribution is 2.44. The molecule has 3 aromatic rings. The number of hydrogen-bond acceptors (Lipinski definition) is 3. The van der Waals surface area contributed by atoms with Crippen LogP contribution in [-0.2, 0) is 11.2 Å². The minimum absolute atomic E-state index is 0.0856.